The Hall–Kier alpha value is -1.05. The van der Waals surface area contributed by atoms with E-state index in [1.807, 2.05) is 6.20 Å². The number of nitrogens with zero attached hydrogens (tertiary/aromatic N) is 1. The van der Waals surface area contributed by atoms with Crippen LogP contribution in [0.3, 0.4) is 0 Å². The van der Waals surface area contributed by atoms with Crippen molar-refractivity contribution in [3.05, 3.63) is 23.5 Å². The summed E-state index contributed by atoms with van der Waals surface area (Å²) in [6.07, 6.45) is 6.76. The molecule has 2 heteroatoms. The second kappa shape index (κ2) is 3.99. The quantitative estimate of drug-likeness (QED) is 0.792. The Morgan fingerprint density at radius 2 is 2.36 bits per heavy atom. The van der Waals surface area contributed by atoms with Crippen molar-refractivity contribution in [3.8, 4) is 0 Å². The molecule has 0 radical (unpaired) electrons. The third-order valence-corrected chi connectivity index (χ3v) is 2.95. The minimum atomic E-state index is 0.538. The molecule has 0 fully saturated rings. The third kappa shape index (κ3) is 1.89. The van der Waals surface area contributed by atoms with Gasteiger partial charge in [-0.3, -0.25) is 4.98 Å². The number of hydrogen-bond acceptors (Lipinski definition) is 2. The number of fused-ring (bicyclic) bond motifs is 1. The number of pyridine rings is 1. The van der Waals surface area contributed by atoms with E-state index in [-0.39, 0.29) is 0 Å². The van der Waals surface area contributed by atoms with Crippen molar-refractivity contribution < 1.29 is 0 Å². The van der Waals surface area contributed by atoms with Crippen molar-refractivity contribution in [2.45, 2.75) is 45.6 Å². The van der Waals surface area contributed by atoms with Gasteiger partial charge in [-0.2, -0.15) is 0 Å². The normalized spacial score (nSPS) is 16.4. The molecular weight excluding hydrogens is 172 g/mol. The number of rotatable bonds is 3. The van der Waals surface area contributed by atoms with E-state index in [9.17, 15) is 0 Å². The standard InChI is InChI=1S/C12H18N2/c1-3-9(2)14-11-7-10-5-4-6-12(10)13-8-11/h7-9,14H,3-6H2,1-2H3. The molecule has 0 amide bonds. The fraction of sp³-hybridized carbons (Fsp3) is 0.583. The molecule has 1 atom stereocenters. The number of anilines is 1. The average Bonchev–Trinajstić information content (AvgIpc) is 2.64. The van der Waals surface area contributed by atoms with Gasteiger partial charge in [0, 0.05) is 11.7 Å². The van der Waals surface area contributed by atoms with E-state index in [4.69, 9.17) is 0 Å². The summed E-state index contributed by atoms with van der Waals surface area (Å²) in [5, 5.41) is 3.46. The summed E-state index contributed by atoms with van der Waals surface area (Å²) >= 11 is 0. The zero-order valence-electron chi connectivity index (χ0n) is 9.01. The van der Waals surface area contributed by atoms with E-state index >= 15 is 0 Å². The molecule has 0 saturated heterocycles. The van der Waals surface area contributed by atoms with Crippen molar-refractivity contribution in [3.63, 3.8) is 0 Å². The van der Waals surface area contributed by atoms with Crippen molar-refractivity contribution >= 4 is 5.69 Å². The monoisotopic (exact) mass is 190 g/mol. The van der Waals surface area contributed by atoms with Gasteiger partial charge in [0.2, 0.25) is 0 Å². The lowest BCUT2D eigenvalue weighted by Gasteiger charge is -2.13. The summed E-state index contributed by atoms with van der Waals surface area (Å²) in [5.41, 5.74) is 3.93. The van der Waals surface area contributed by atoms with Gasteiger partial charge in [-0.05, 0) is 44.2 Å². The lowest BCUT2D eigenvalue weighted by Crippen LogP contribution is -2.13. The first kappa shape index (κ1) is 9.50. The van der Waals surface area contributed by atoms with Crippen LogP contribution in [0.2, 0.25) is 0 Å². The molecule has 0 aliphatic heterocycles. The average molecular weight is 190 g/mol. The highest BCUT2D eigenvalue weighted by Gasteiger charge is 2.12. The first-order chi connectivity index (χ1) is 6.79. The molecule has 2 nitrogen and oxygen atoms in total. The van der Waals surface area contributed by atoms with Crippen LogP contribution in [0.25, 0.3) is 0 Å². The molecule has 1 aliphatic carbocycles. The molecule has 14 heavy (non-hydrogen) atoms. The Morgan fingerprint density at radius 3 is 3.14 bits per heavy atom. The van der Waals surface area contributed by atoms with Crippen LogP contribution in [0.1, 0.15) is 37.9 Å². The molecule has 2 rings (SSSR count). The van der Waals surface area contributed by atoms with Gasteiger partial charge in [0.15, 0.2) is 0 Å². The Bertz CT molecular complexity index is 320. The van der Waals surface area contributed by atoms with E-state index in [1.165, 1.54) is 36.2 Å². The Labute approximate surface area is 85.7 Å². The number of aryl methyl sites for hydroxylation is 2. The first-order valence-electron chi connectivity index (χ1n) is 5.54. The molecule has 1 aromatic rings. The highest BCUT2D eigenvalue weighted by molar-refractivity contribution is 5.46. The fourth-order valence-electron chi connectivity index (χ4n) is 1.89. The summed E-state index contributed by atoms with van der Waals surface area (Å²) in [6.45, 7) is 4.39. The maximum absolute atomic E-state index is 4.48. The maximum atomic E-state index is 4.48. The van der Waals surface area contributed by atoms with Crippen LogP contribution in [-0.4, -0.2) is 11.0 Å². The Morgan fingerprint density at radius 1 is 1.50 bits per heavy atom. The van der Waals surface area contributed by atoms with E-state index in [0.29, 0.717) is 6.04 Å². The van der Waals surface area contributed by atoms with Crippen LogP contribution in [0.15, 0.2) is 12.3 Å². The minimum Gasteiger partial charge on any atom is -0.381 e. The van der Waals surface area contributed by atoms with E-state index in [1.54, 1.807) is 0 Å². The predicted octanol–water partition coefficient (Wildman–Crippen LogP) is 2.78. The number of nitrogens with one attached hydrogen (secondary N) is 1. The van der Waals surface area contributed by atoms with Crippen LogP contribution in [-0.2, 0) is 12.8 Å². The van der Waals surface area contributed by atoms with Crippen LogP contribution in [0, 0.1) is 0 Å². The molecule has 1 heterocycles. The molecule has 1 N–H and O–H groups in total. The third-order valence-electron chi connectivity index (χ3n) is 2.95. The Balaban J connectivity index is 2.12. The predicted molar refractivity (Wildman–Crippen MR) is 59.6 cm³/mol. The lowest BCUT2D eigenvalue weighted by molar-refractivity contribution is 0.763. The fourth-order valence-corrected chi connectivity index (χ4v) is 1.89. The van der Waals surface area contributed by atoms with Crippen molar-refractivity contribution in [1.29, 1.82) is 0 Å². The van der Waals surface area contributed by atoms with E-state index < -0.39 is 0 Å². The zero-order valence-corrected chi connectivity index (χ0v) is 9.01. The highest BCUT2D eigenvalue weighted by Crippen LogP contribution is 2.22. The molecule has 0 aromatic carbocycles. The molecule has 76 valence electrons. The zero-order chi connectivity index (χ0) is 9.97. The topological polar surface area (TPSA) is 24.9 Å². The molecular formula is C12H18N2. The molecule has 0 spiro atoms. The van der Waals surface area contributed by atoms with Crippen molar-refractivity contribution in [2.75, 3.05) is 5.32 Å². The van der Waals surface area contributed by atoms with Crippen LogP contribution in [0.4, 0.5) is 5.69 Å². The van der Waals surface area contributed by atoms with Gasteiger partial charge in [0.05, 0.1) is 11.9 Å². The van der Waals surface area contributed by atoms with E-state index in [0.717, 1.165) is 6.42 Å². The molecule has 0 bridgehead atoms. The minimum absolute atomic E-state index is 0.538. The van der Waals surface area contributed by atoms with Gasteiger partial charge in [-0.15, -0.1) is 0 Å². The van der Waals surface area contributed by atoms with Gasteiger partial charge in [-0.1, -0.05) is 6.92 Å². The van der Waals surface area contributed by atoms with Gasteiger partial charge >= 0.3 is 0 Å². The number of aromatic nitrogens is 1. The summed E-state index contributed by atoms with van der Waals surface area (Å²) < 4.78 is 0. The molecule has 1 unspecified atom stereocenters. The summed E-state index contributed by atoms with van der Waals surface area (Å²) in [5.74, 6) is 0. The second-order valence-electron chi connectivity index (χ2n) is 4.14. The van der Waals surface area contributed by atoms with Gasteiger partial charge in [-0.25, -0.2) is 0 Å². The summed E-state index contributed by atoms with van der Waals surface area (Å²) in [4.78, 5) is 4.48. The van der Waals surface area contributed by atoms with Crippen molar-refractivity contribution in [2.24, 2.45) is 0 Å². The highest BCUT2D eigenvalue weighted by atomic mass is 14.9. The first-order valence-corrected chi connectivity index (χ1v) is 5.54. The van der Waals surface area contributed by atoms with Crippen LogP contribution in [0.5, 0.6) is 0 Å². The summed E-state index contributed by atoms with van der Waals surface area (Å²) in [6, 6.07) is 2.80. The molecule has 0 saturated carbocycles. The Kier molecular flexibility index (Phi) is 2.71. The van der Waals surface area contributed by atoms with Crippen LogP contribution >= 0.6 is 0 Å². The van der Waals surface area contributed by atoms with E-state index in [2.05, 4.69) is 30.2 Å². The summed E-state index contributed by atoms with van der Waals surface area (Å²) in [7, 11) is 0. The smallest absolute Gasteiger partial charge is 0.0531 e. The molecule has 1 aromatic heterocycles. The molecule has 1 aliphatic rings. The van der Waals surface area contributed by atoms with Crippen LogP contribution < -0.4 is 5.32 Å². The van der Waals surface area contributed by atoms with Gasteiger partial charge < -0.3 is 5.32 Å². The largest absolute Gasteiger partial charge is 0.381 e. The SMILES string of the molecule is CCC(C)Nc1cnc2c(c1)CCC2. The van der Waals surface area contributed by atoms with Gasteiger partial charge in [0.25, 0.3) is 0 Å². The van der Waals surface area contributed by atoms with Crippen molar-refractivity contribution in [1.82, 2.24) is 4.98 Å². The second-order valence-corrected chi connectivity index (χ2v) is 4.14. The van der Waals surface area contributed by atoms with Gasteiger partial charge in [0.1, 0.15) is 0 Å². The lowest BCUT2D eigenvalue weighted by atomic mass is 10.2. The number of hydrogen-bond donors (Lipinski definition) is 1. The maximum Gasteiger partial charge on any atom is 0.0531 e.